The van der Waals surface area contributed by atoms with Crippen LogP contribution in [-0.4, -0.2) is 77.2 Å². The minimum absolute atomic E-state index is 0.217. The molecule has 0 unspecified atom stereocenters. The average molecular weight is 245 g/mol. The summed E-state index contributed by atoms with van der Waals surface area (Å²) in [6, 6.07) is 0. The summed E-state index contributed by atoms with van der Waals surface area (Å²) in [6.07, 6.45) is 0. The number of carbonyl (C=O) groups excluding carboxylic acids is 1. The first-order valence-corrected chi connectivity index (χ1v) is 7.30. The smallest absolute Gasteiger partial charge is 0.236 e. The molecule has 6 heteroatoms. The Bertz CT molecular complexity index is 269. The molecule has 2 heterocycles. The molecule has 2 aliphatic rings. The molecule has 0 atom stereocenters. The molecule has 0 aromatic carbocycles. The van der Waals surface area contributed by atoms with E-state index < -0.39 is 10.8 Å². The molecule has 0 saturated carbocycles. The van der Waals surface area contributed by atoms with Crippen LogP contribution in [0, 0.1) is 0 Å². The van der Waals surface area contributed by atoms with Gasteiger partial charge in [-0.15, -0.1) is 0 Å². The fraction of sp³-hybridized carbons (Fsp3) is 0.900. The summed E-state index contributed by atoms with van der Waals surface area (Å²) in [7, 11) is -0.657. The van der Waals surface area contributed by atoms with Crippen molar-refractivity contribution in [1.82, 2.24) is 15.1 Å². The minimum Gasteiger partial charge on any atom is -0.339 e. The van der Waals surface area contributed by atoms with Gasteiger partial charge in [0, 0.05) is 61.6 Å². The number of amides is 1. The van der Waals surface area contributed by atoms with Gasteiger partial charge in [0.2, 0.25) is 5.91 Å². The summed E-state index contributed by atoms with van der Waals surface area (Å²) in [5.41, 5.74) is 0. The number of piperazine rings is 1. The molecular weight excluding hydrogens is 226 g/mol. The zero-order valence-corrected chi connectivity index (χ0v) is 10.3. The van der Waals surface area contributed by atoms with Gasteiger partial charge < -0.3 is 10.2 Å². The van der Waals surface area contributed by atoms with Crippen molar-refractivity contribution in [3.63, 3.8) is 0 Å². The minimum atomic E-state index is -0.657. The van der Waals surface area contributed by atoms with Crippen LogP contribution in [0.5, 0.6) is 0 Å². The number of carbonyl (C=O) groups is 1. The molecule has 0 aromatic heterocycles. The Morgan fingerprint density at radius 3 is 2.38 bits per heavy atom. The van der Waals surface area contributed by atoms with E-state index in [0.717, 1.165) is 50.8 Å². The monoisotopic (exact) mass is 245 g/mol. The molecule has 1 N–H and O–H groups in total. The highest BCUT2D eigenvalue weighted by Gasteiger charge is 2.21. The Kier molecular flexibility index (Phi) is 4.31. The third kappa shape index (κ3) is 3.26. The Labute approximate surface area is 98.6 Å². The van der Waals surface area contributed by atoms with Gasteiger partial charge in [0.15, 0.2) is 0 Å². The van der Waals surface area contributed by atoms with E-state index in [1.165, 1.54) is 0 Å². The van der Waals surface area contributed by atoms with Gasteiger partial charge in [0.05, 0.1) is 6.54 Å². The third-order valence-electron chi connectivity index (χ3n) is 3.10. The number of nitrogens with zero attached hydrogens (tertiary/aromatic N) is 2. The largest absolute Gasteiger partial charge is 0.339 e. The molecule has 16 heavy (non-hydrogen) atoms. The standard InChI is InChI=1S/C10H19N3O2S/c14-10(13-3-1-11-2-4-13)9-12-5-7-16(15)8-6-12/h11H,1-9H2. The Morgan fingerprint density at radius 1 is 1.12 bits per heavy atom. The predicted octanol–water partition coefficient (Wildman–Crippen LogP) is -1.52. The van der Waals surface area contributed by atoms with Crippen molar-refractivity contribution in [3.05, 3.63) is 0 Å². The quantitative estimate of drug-likeness (QED) is 0.642. The highest BCUT2D eigenvalue weighted by molar-refractivity contribution is 7.85. The van der Waals surface area contributed by atoms with Crippen LogP contribution in [0.4, 0.5) is 0 Å². The molecule has 2 saturated heterocycles. The number of nitrogens with one attached hydrogen (secondary N) is 1. The van der Waals surface area contributed by atoms with Crippen molar-refractivity contribution in [2.75, 3.05) is 57.3 Å². The van der Waals surface area contributed by atoms with Gasteiger partial charge in [-0.3, -0.25) is 13.9 Å². The topological polar surface area (TPSA) is 52.7 Å². The first-order chi connectivity index (χ1) is 7.75. The maximum absolute atomic E-state index is 11.9. The van der Waals surface area contributed by atoms with E-state index in [4.69, 9.17) is 0 Å². The van der Waals surface area contributed by atoms with Gasteiger partial charge in [0.1, 0.15) is 0 Å². The second kappa shape index (κ2) is 5.75. The van der Waals surface area contributed by atoms with Crippen LogP contribution >= 0.6 is 0 Å². The van der Waals surface area contributed by atoms with Crippen LogP contribution in [0.15, 0.2) is 0 Å². The molecule has 0 radical (unpaired) electrons. The van der Waals surface area contributed by atoms with Crippen LogP contribution in [0.2, 0.25) is 0 Å². The molecule has 0 bridgehead atoms. The summed E-state index contributed by atoms with van der Waals surface area (Å²) >= 11 is 0. The lowest BCUT2D eigenvalue weighted by Gasteiger charge is -2.31. The normalized spacial score (nSPS) is 24.6. The van der Waals surface area contributed by atoms with E-state index in [-0.39, 0.29) is 5.91 Å². The van der Waals surface area contributed by atoms with E-state index in [1.807, 2.05) is 4.90 Å². The van der Waals surface area contributed by atoms with Gasteiger partial charge in [-0.1, -0.05) is 0 Å². The lowest BCUT2D eigenvalue weighted by Crippen LogP contribution is -2.51. The van der Waals surface area contributed by atoms with Crippen LogP contribution in [-0.2, 0) is 15.6 Å². The highest BCUT2D eigenvalue weighted by Crippen LogP contribution is 2.02. The lowest BCUT2D eigenvalue weighted by molar-refractivity contribution is -0.132. The molecule has 2 rings (SSSR count). The van der Waals surface area contributed by atoms with Gasteiger partial charge in [-0.2, -0.15) is 0 Å². The Hall–Kier alpha value is -0.460. The van der Waals surface area contributed by atoms with Crippen LogP contribution in [0.1, 0.15) is 0 Å². The number of hydrogen-bond donors (Lipinski definition) is 1. The maximum atomic E-state index is 11.9. The molecule has 2 aliphatic heterocycles. The molecule has 5 nitrogen and oxygen atoms in total. The maximum Gasteiger partial charge on any atom is 0.236 e. The van der Waals surface area contributed by atoms with Crippen molar-refractivity contribution in [2.45, 2.75) is 0 Å². The third-order valence-corrected chi connectivity index (χ3v) is 4.37. The summed E-state index contributed by atoms with van der Waals surface area (Å²) in [6.45, 7) is 5.52. The van der Waals surface area contributed by atoms with E-state index in [2.05, 4.69) is 10.2 Å². The lowest BCUT2D eigenvalue weighted by atomic mass is 10.3. The second-order valence-electron chi connectivity index (χ2n) is 4.26. The summed E-state index contributed by atoms with van der Waals surface area (Å²) in [5.74, 6) is 1.65. The molecule has 1 amide bonds. The van der Waals surface area contributed by atoms with Crippen molar-refractivity contribution in [1.29, 1.82) is 0 Å². The first-order valence-electron chi connectivity index (χ1n) is 5.81. The van der Waals surface area contributed by atoms with E-state index in [0.29, 0.717) is 6.54 Å². The fourth-order valence-corrected chi connectivity index (χ4v) is 3.17. The second-order valence-corrected chi connectivity index (χ2v) is 5.95. The zero-order chi connectivity index (χ0) is 11.4. The molecular formula is C10H19N3O2S. The molecule has 92 valence electrons. The predicted molar refractivity (Wildman–Crippen MR) is 63.8 cm³/mol. The van der Waals surface area contributed by atoms with Crippen molar-refractivity contribution < 1.29 is 9.00 Å². The average Bonchev–Trinajstić information content (AvgIpc) is 2.33. The summed E-state index contributed by atoms with van der Waals surface area (Å²) < 4.78 is 11.2. The number of rotatable bonds is 2. The van der Waals surface area contributed by atoms with Crippen molar-refractivity contribution in [2.24, 2.45) is 0 Å². The van der Waals surface area contributed by atoms with Crippen molar-refractivity contribution in [3.8, 4) is 0 Å². The van der Waals surface area contributed by atoms with E-state index in [9.17, 15) is 9.00 Å². The SMILES string of the molecule is O=C(CN1CCS(=O)CC1)N1CCNCC1. The van der Waals surface area contributed by atoms with Crippen LogP contribution in [0.3, 0.4) is 0 Å². The first kappa shape index (κ1) is 12.0. The summed E-state index contributed by atoms with van der Waals surface area (Å²) in [4.78, 5) is 16.0. The Balaban J connectivity index is 1.75. The molecule has 0 spiro atoms. The van der Waals surface area contributed by atoms with Crippen LogP contribution < -0.4 is 5.32 Å². The summed E-state index contributed by atoms with van der Waals surface area (Å²) in [5, 5.41) is 3.23. The van der Waals surface area contributed by atoms with Crippen molar-refractivity contribution >= 4 is 16.7 Å². The van der Waals surface area contributed by atoms with Gasteiger partial charge in [-0.05, 0) is 0 Å². The Morgan fingerprint density at radius 2 is 1.75 bits per heavy atom. The zero-order valence-electron chi connectivity index (χ0n) is 9.48. The van der Waals surface area contributed by atoms with Crippen LogP contribution in [0.25, 0.3) is 0 Å². The van der Waals surface area contributed by atoms with Gasteiger partial charge >= 0.3 is 0 Å². The van der Waals surface area contributed by atoms with E-state index >= 15 is 0 Å². The highest BCUT2D eigenvalue weighted by atomic mass is 32.2. The van der Waals surface area contributed by atoms with Gasteiger partial charge in [-0.25, -0.2) is 0 Å². The fourth-order valence-electron chi connectivity index (χ4n) is 2.04. The molecule has 0 aromatic rings. The number of hydrogen-bond acceptors (Lipinski definition) is 4. The molecule has 0 aliphatic carbocycles. The van der Waals surface area contributed by atoms with Gasteiger partial charge in [0.25, 0.3) is 0 Å². The van der Waals surface area contributed by atoms with E-state index in [1.54, 1.807) is 0 Å². The molecule has 2 fully saturated rings.